The number of hydrogen-bond acceptors (Lipinski definition) is 2. The molecule has 1 fully saturated rings. The zero-order valence-electron chi connectivity index (χ0n) is 10.9. The molecule has 1 heterocycles. The van der Waals surface area contributed by atoms with Crippen molar-refractivity contribution in [2.24, 2.45) is 5.41 Å². The number of carbonyl (C=O) groups is 1. The molecule has 2 rings (SSSR count). The van der Waals surface area contributed by atoms with Crippen LogP contribution in [0.4, 0.5) is 0 Å². The molecule has 3 nitrogen and oxygen atoms in total. The Balaban J connectivity index is 2.04. The van der Waals surface area contributed by atoms with Gasteiger partial charge in [-0.2, -0.15) is 0 Å². The molecule has 1 atom stereocenters. The smallest absolute Gasteiger partial charge is 0.270 e. The summed E-state index contributed by atoms with van der Waals surface area (Å²) in [7, 11) is 0. The van der Waals surface area contributed by atoms with Gasteiger partial charge in [-0.15, -0.1) is 0 Å². The van der Waals surface area contributed by atoms with Crippen LogP contribution in [0, 0.1) is 5.41 Å². The first-order chi connectivity index (χ1) is 8.49. The van der Waals surface area contributed by atoms with Crippen molar-refractivity contribution in [2.45, 2.75) is 45.6 Å². The second-order valence-corrected chi connectivity index (χ2v) is 6.54. The molecule has 1 aliphatic carbocycles. The number of hydrogen-bond donors (Lipinski definition) is 1. The minimum absolute atomic E-state index is 0.0672. The van der Waals surface area contributed by atoms with Crippen LogP contribution in [0.1, 0.15) is 50.0 Å². The molecule has 1 saturated carbocycles. The van der Waals surface area contributed by atoms with E-state index in [0.29, 0.717) is 5.69 Å². The highest BCUT2D eigenvalue weighted by Gasteiger charge is 2.33. The highest BCUT2D eigenvalue weighted by atomic mass is 79.9. The largest absolute Gasteiger partial charge is 0.347 e. The average Bonchev–Trinajstić information content (AvgIpc) is 2.32. The van der Waals surface area contributed by atoms with E-state index >= 15 is 0 Å². The molecule has 0 radical (unpaired) electrons. The van der Waals surface area contributed by atoms with Gasteiger partial charge in [-0.3, -0.25) is 4.79 Å². The number of pyridine rings is 1. The van der Waals surface area contributed by atoms with E-state index < -0.39 is 0 Å². The van der Waals surface area contributed by atoms with Gasteiger partial charge in [0.2, 0.25) is 0 Å². The van der Waals surface area contributed by atoms with Crippen LogP contribution in [-0.4, -0.2) is 16.9 Å². The summed E-state index contributed by atoms with van der Waals surface area (Å²) in [6, 6.07) is 3.84. The molecule has 1 aromatic heterocycles. The van der Waals surface area contributed by atoms with Crippen molar-refractivity contribution in [3.05, 3.63) is 28.5 Å². The summed E-state index contributed by atoms with van der Waals surface area (Å²) in [5.41, 5.74) is 0.670. The van der Waals surface area contributed by atoms with Gasteiger partial charge >= 0.3 is 0 Å². The maximum Gasteiger partial charge on any atom is 0.270 e. The highest BCUT2D eigenvalue weighted by Crippen LogP contribution is 2.35. The van der Waals surface area contributed by atoms with Gasteiger partial charge in [0, 0.05) is 16.7 Å². The number of amides is 1. The number of carbonyl (C=O) groups excluding carboxylic acids is 1. The topological polar surface area (TPSA) is 42.0 Å². The lowest BCUT2D eigenvalue weighted by atomic mass is 9.73. The molecule has 0 saturated heterocycles. The summed E-state index contributed by atoms with van der Waals surface area (Å²) in [5, 5.41) is 3.13. The van der Waals surface area contributed by atoms with Crippen LogP contribution in [0.25, 0.3) is 0 Å². The molecular formula is C14H19BrN2O. The van der Waals surface area contributed by atoms with Crippen LogP contribution < -0.4 is 5.32 Å². The van der Waals surface area contributed by atoms with E-state index in [0.717, 1.165) is 10.9 Å². The molecule has 0 bridgehead atoms. The third kappa shape index (κ3) is 3.10. The number of rotatable bonds is 2. The number of nitrogens with one attached hydrogen (secondary N) is 1. The van der Waals surface area contributed by atoms with Crippen molar-refractivity contribution >= 4 is 21.8 Å². The second kappa shape index (κ2) is 5.39. The molecule has 1 aromatic rings. The number of halogens is 1. The van der Waals surface area contributed by atoms with Gasteiger partial charge in [0.05, 0.1) is 0 Å². The lowest BCUT2D eigenvalue weighted by Crippen LogP contribution is -2.47. The van der Waals surface area contributed by atoms with Crippen molar-refractivity contribution in [2.75, 3.05) is 0 Å². The number of nitrogens with zero attached hydrogens (tertiary/aromatic N) is 1. The minimum Gasteiger partial charge on any atom is -0.347 e. The quantitative estimate of drug-likeness (QED) is 0.907. The van der Waals surface area contributed by atoms with Crippen LogP contribution in [0.3, 0.4) is 0 Å². The Labute approximate surface area is 117 Å². The molecular weight excluding hydrogens is 292 g/mol. The van der Waals surface area contributed by atoms with Crippen molar-refractivity contribution in [3.63, 3.8) is 0 Å². The van der Waals surface area contributed by atoms with Crippen LogP contribution in [0.2, 0.25) is 0 Å². The zero-order valence-corrected chi connectivity index (χ0v) is 12.5. The van der Waals surface area contributed by atoms with E-state index in [2.05, 4.69) is 40.1 Å². The third-order valence-electron chi connectivity index (χ3n) is 3.77. The maximum atomic E-state index is 12.1. The van der Waals surface area contributed by atoms with Gasteiger partial charge in [0.15, 0.2) is 0 Å². The summed E-state index contributed by atoms with van der Waals surface area (Å²) in [5.74, 6) is -0.0672. The van der Waals surface area contributed by atoms with Gasteiger partial charge in [-0.25, -0.2) is 4.98 Å². The Morgan fingerprint density at radius 1 is 1.44 bits per heavy atom. The fraction of sp³-hybridized carbons (Fsp3) is 0.571. The van der Waals surface area contributed by atoms with Gasteiger partial charge in [0.1, 0.15) is 5.69 Å². The van der Waals surface area contributed by atoms with Gasteiger partial charge < -0.3 is 5.32 Å². The Kier molecular flexibility index (Phi) is 4.05. The fourth-order valence-electron chi connectivity index (χ4n) is 2.50. The highest BCUT2D eigenvalue weighted by molar-refractivity contribution is 9.10. The number of aromatic nitrogens is 1. The van der Waals surface area contributed by atoms with Crippen molar-refractivity contribution in [1.29, 1.82) is 0 Å². The SMILES string of the molecule is CC1(C)CCCCC1NC(=O)c1ccc(Br)cn1. The van der Waals surface area contributed by atoms with Gasteiger partial charge in [-0.1, -0.05) is 26.7 Å². The maximum absolute atomic E-state index is 12.1. The Morgan fingerprint density at radius 2 is 2.22 bits per heavy atom. The second-order valence-electron chi connectivity index (χ2n) is 5.62. The molecule has 1 amide bonds. The monoisotopic (exact) mass is 310 g/mol. The summed E-state index contributed by atoms with van der Waals surface area (Å²) < 4.78 is 0.886. The molecule has 1 unspecified atom stereocenters. The fourth-order valence-corrected chi connectivity index (χ4v) is 2.74. The normalized spacial score (nSPS) is 22.5. The lowest BCUT2D eigenvalue weighted by molar-refractivity contribution is 0.0848. The molecule has 0 aliphatic heterocycles. The first-order valence-electron chi connectivity index (χ1n) is 6.41. The van der Waals surface area contributed by atoms with Gasteiger partial charge in [-0.05, 0) is 46.3 Å². The van der Waals surface area contributed by atoms with E-state index in [1.807, 2.05) is 6.07 Å². The van der Waals surface area contributed by atoms with Crippen LogP contribution in [-0.2, 0) is 0 Å². The van der Waals surface area contributed by atoms with Crippen molar-refractivity contribution < 1.29 is 4.79 Å². The van der Waals surface area contributed by atoms with Crippen molar-refractivity contribution in [1.82, 2.24) is 10.3 Å². The Hall–Kier alpha value is -0.900. The Bertz CT molecular complexity index is 428. The molecule has 4 heteroatoms. The average molecular weight is 311 g/mol. The molecule has 18 heavy (non-hydrogen) atoms. The third-order valence-corrected chi connectivity index (χ3v) is 4.24. The van der Waals surface area contributed by atoms with Crippen LogP contribution >= 0.6 is 15.9 Å². The predicted molar refractivity (Wildman–Crippen MR) is 75.4 cm³/mol. The molecule has 1 aliphatic rings. The first-order valence-corrected chi connectivity index (χ1v) is 7.21. The summed E-state index contributed by atoms with van der Waals surface area (Å²) >= 11 is 3.32. The Morgan fingerprint density at radius 3 is 2.83 bits per heavy atom. The lowest BCUT2D eigenvalue weighted by Gasteiger charge is -2.38. The standard InChI is InChI=1S/C14H19BrN2O/c1-14(2)8-4-3-5-12(14)17-13(18)11-7-6-10(15)9-16-11/h6-7,9,12H,3-5,8H2,1-2H3,(H,17,18). The zero-order chi connectivity index (χ0) is 13.2. The van der Waals surface area contributed by atoms with E-state index in [4.69, 9.17) is 0 Å². The molecule has 0 aromatic carbocycles. The van der Waals surface area contributed by atoms with Crippen LogP contribution in [0.15, 0.2) is 22.8 Å². The summed E-state index contributed by atoms with van der Waals surface area (Å²) in [6.45, 7) is 4.46. The predicted octanol–water partition coefficient (Wildman–Crippen LogP) is 3.54. The van der Waals surface area contributed by atoms with E-state index in [1.54, 1.807) is 12.3 Å². The first kappa shape index (κ1) is 13.5. The van der Waals surface area contributed by atoms with Crippen LogP contribution in [0.5, 0.6) is 0 Å². The van der Waals surface area contributed by atoms with Crippen molar-refractivity contribution in [3.8, 4) is 0 Å². The summed E-state index contributed by atoms with van der Waals surface area (Å²) in [4.78, 5) is 16.3. The van der Waals surface area contributed by atoms with E-state index in [-0.39, 0.29) is 17.4 Å². The van der Waals surface area contributed by atoms with Gasteiger partial charge in [0.25, 0.3) is 5.91 Å². The van der Waals surface area contributed by atoms with E-state index in [1.165, 1.54) is 19.3 Å². The molecule has 1 N–H and O–H groups in total. The molecule has 0 spiro atoms. The minimum atomic E-state index is -0.0672. The summed E-state index contributed by atoms with van der Waals surface area (Å²) in [6.07, 6.45) is 6.35. The molecule has 98 valence electrons. The van der Waals surface area contributed by atoms with E-state index in [9.17, 15) is 4.79 Å².